The number of aryl methyl sites for hydroxylation is 1. The molecule has 0 radical (unpaired) electrons. The van der Waals surface area contributed by atoms with E-state index in [1.807, 2.05) is 30.0 Å². The van der Waals surface area contributed by atoms with E-state index < -0.39 is 11.6 Å². The number of likely N-dealkylation sites (tertiary alicyclic amines) is 1. The minimum absolute atomic E-state index is 0.103. The third kappa shape index (κ3) is 4.87. The van der Waals surface area contributed by atoms with Crippen LogP contribution in [0.4, 0.5) is 20.3 Å². The van der Waals surface area contributed by atoms with Gasteiger partial charge in [0.1, 0.15) is 17.5 Å². The maximum atomic E-state index is 15.5. The summed E-state index contributed by atoms with van der Waals surface area (Å²) >= 11 is 6.89. The summed E-state index contributed by atoms with van der Waals surface area (Å²) < 4.78 is 32.6. The number of fused-ring (bicyclic) bond motifs is 1. The van der Waals surface area contributed by atoms with Gasteiger partial charge in [0.25, 0.3) is 0 Å². The Morgan fingerprint density at radius 3 is 2.38 bits per heavy atom. The number of hydrogen-bond donors (Lipinski definition) is 0. The quantitative estimate of drug-likeness (QED) is 0.327. The number of hydrogen-bond acceptors (Lipinski definition) is 5. The van der Waals surface area contributed by atoms with Crippen molar-refractivity contribution in [3.63, 3.8) is 0 Å². The van der Waals surface area contributed by atoms with Crippen molar-refractivity contribution in [2.24, 2.45) is 0 Å². The molecule has 2 aromatic carbocycles. The molecule has 0 unspecified atom stereocenters. The molecule has 4 heterocycles. The molecule has 2 saturated heterocycles. The van der Waals surface area contributed by atoms with Crippen LogP contribution in [0.1, 0.15) is 24.0 Å². The fraction of sp³-hybridized carbons (Fsp3) is 0.333. The zero-order valence-corrected chi connectivity index (χ0v) is 22.6. The molecule has 0 saturated carbocycles. The second kappa shape index (κ2) is 10.6. The Labute approximate surface area is 231 Å². The van der Waals surface area contributed by atoms with Gasteiger partial charge in [0.15, 0.2) is 5.43 Å². The molecule has 0 bridgehead atoms. The Hall–Kier alpha value is -3.49. The van der Waals surface area contributed by atoms with Gasteiger partial charge in [0, 0.05) is 51.2 Å². The van der Waals surface area contributed by atoms with Gasteiger partial charge in [-0.3, -0.25) is 9.69 Å². The highest BCUT2D eigenvalue weighted by Crippen LogP contribution is 2.37. The summed E-state index contributed by atoms with van der Waals surface area (Å²) in [5.74, 6) is -0.0658. The van der Waals surface area contributed by atoms with E-state index in [0.29, 0.717) is 38.2 Å². The van der Waals surface area contributed by atoms with Gasteiger partial charge in [-0.2, -0.15) is 0 Å². The number of anilines is 2. The van der Waals surface area contributed by atoms with Gasteiger partial charge >= 0.3 is 0 Å². The maximum absolute atomic E-state index is 15.5. The van der Waals surface area contributed by atoms with Crippen LogP contribution in [0.3, 0.4) is 0 Å². The van der Waals surface area contributed by atoms with Crippen LogP contribution in [-0.2, 0) is 6.54 Å². The van der Waals surface area contributed by atoms with E-state index in [9.17, 15) is 4.79 Å². The predicted molar refractivity (Wildman–Crippen MR) is 152 cm³/mol. The van der Waals surface area contributed by atoms with Crippen molar-refractivity contribution >= 4 is 34.0 Å². The molecule has 6 nitrogen and oxygen atoms in total. The van der Waals surface area contributed by atoms with E-state index in [1.165, 1.54) is 37.2 Å². The molecule has 9 heteroatoms. The van der Waals surface area contributed by atoms with Crippen LogP contribution in [-0.4, -0.2) is 53.7 Å². The Morgan fingerprint density at radius 2 is 1.67 bits per heavy atom. The van der Waals surface area contributed by atoms with E-state index in [1.54, 1.807) is 16.8 Å². The first-order valence-electron chi connectivity index (χ1n) is 13.4. The molecule has 202 valence electrons. The summed E-state index contributed by atoms with van der Waals surface area (Å²) in [6.45, 7) is 7.08. The Morgan fingerprint density at radius 1 is 0.923 bits per heavy atom. The van der Waals surface area contributed by atoms with Crippen LogP contribution in [0.15, 0.2) is 59.7 Å². The van der Waals surface area contributed by atoms with Gasteiger partial charge in [-0.1, -0.05) is 23.7 Å². The van der Waals surface area contributed by atoms with Crippen molar-refractivity contribution < 1.29 is 8.78 Å². The summed E-state index contributed by atoms with van der Waals surface area (Å²) in [6.07, 6.45) is 5.61. The van der Waals surface area contributed by atoms with Crippen molar-refractivity contribution in [1.29, 1.82) is 0 Å². The molecule has 2 fully saturated rings. The van der Waals surface area contributed by atoms with Crippen LogP contribution < -0.4 is 15.2 Å². The van der Waals surface area contributed by atoms with E-state index in [4.69, 9.17) is 11.6 Å². The molecule has 4 aromatic rings. The molecule has 0 N–H and O–H groups in total. The molecule has 0 amide bonds. The van der Waals surface area contributed by atoms with Gasteiger partial charge in [0.2, 0.25) is 0 Å². The SMILES string of the molecule is Cc1cccnc1N1CCN(c2c(F)cc3c(=O)ccn(-c4ccc(CN5CCCC5)cc4F)c3c2Cl)CC1. The van der Waals surface area contributed by atoms with Crippen LogP contribution >= 0.6 is 11.6 Å². The second-order valence-corrected chi connectivity index (χ2v) is 10.7. The highest BCUT2D eigenvalue weighted by molar-refractivity contribution is 6.38. The lowest BCUT2D eigenvalue weighted by atomic mass is 10.1. The smallest absolute Gasteiger partial charge is 0.189 e. The largest absolute Gasteiger partial charge is 0.364 e. The first-order chi connectivity index (χ1) is 18.9. The van der Waals surface area contributed by atoms with Crippen molar-refractivity contribution in [1.82, 2.24) is 14.5 Å². The summed E-state index contributed by atoms with van der Waals surface area (Å²) in [7, 11) is 0. The molecule has 39 heavy (non-hydrogen) atoms. The minimum atomic E-state index is -0.564. The summed E-state index contributed by atoms with van der Waals surface area (Å²) in [6, 6.07) is 11.6. The summed E-state index contributed by atoms with van der Waals surface area (Å²) in [5, 5.41) is 0.220. The van der Waals surface area contributed by atoms with Gasteiger partial charge in [-0.05, 0) is 68.2 Å². The van der Waals surface area contributed by atoms with Gasteiger partial charge in [-0.25, -0.2) is 13.8 Å². The zero-order chi connectivity index (χ0) is 27.1. The molecule has 0 spiro atoms. The third-order valence-corrected chi connectivity index (χ3v) is 8.16. The number of benzene rings is 2. The van der Waals surface area contributed by atoms with E-state index in [-0.39, 0.29) is 27.2 Å². The van der Waals surface area contributed by atoms with Crippen LogP contribution in [0.5, 0.6) is 0 Å². The number of nitrogens with zero attached hydrogens (tertiary/aromatic N) is 5. The molecule has 0 aliphatic carbocycles. The Kier molecular flexibility index (Phi) is 6.99. The number of aromatic nitrogens is 2. The molecule has 2 aromatic heterocycles. The standard InChI is InChI=1S/C30H30ClF2N5O/c1-20-5-4-9-34-30(20)37-15-13-36(14-16-37)29-24(33)18-22-26(39)8-12-38(28(22)27(29)31)25-7-6-21(17-23(25)32)19-35-10-2-3-11-35/h4-9,12,17-18H,2-3,10-11,13-16,19H2,1H3. The Bertz CT molecular complexity index is 1590. The molecule has 2 aliphatic heterocycles. The minimum Gasteiger partial charge on any atom is -0.364 e. The Balaban J connectivity index is 1.35. The zero-order valence-electron chi connectivity index (χ0n) is 21.8. The molecule has 0 atom stereocenters. The average Bonchev–Trinajstić information content (AvgIpc) is 3.44. The van der Waals surface area contributed by atoms with Gasteiger partial charge in [-0.15, -0.1) is 0 Å². The molecule has 2 aliphatic rings. The summed E-state index contributed by atoms with van der Waals surface area (Å²) in [5.41, 5.74) is 2.40. The highest BCUT2D eigenvalue weighted by atomic mass is 35.5. The number of rotatable bonds is 5. The molecular weight excluding hydrogens is 520 g/mol. The number of piperazine rings is 1. The lowest BCUT2D eigenvalue weighted by Crippen LogP contribution is -2.47. The van der Waals surface area contributed by atoms with Crippen molar-refractivity contribution in [2.75, 3.05) is 49.1 Å². The van der Waals surface area contributed by atoms with Crippen LogP contribution in [0.2, 0.25) is 5.02 Å². The first kappa shape index (κ1) is 25.8. The van der Waals surface area contributed by atoms with E-state index >= 15 is 8.78 Å². The lowest BCUT2D eigenvalue weighted by molar-refractivity contribution is 0.331. The van der Waals surface area contributed by atoms with Crippen LogP contribution in [0, 0.1) is 18.6 Å². The molecular formula is C30H30ClF2N5O. The van der Waals surface area contributed by atoms with Gasteiger partial charge < -0.3 is 14.4 Å². The van der Waals surface area contributed by atoms with Crippen molar-refractivity contribution in [3.8, 4) is 5.69 Å². The predicted octanol–water partition coefficient (Wildman–Crippen LogP) is 5.55. The molecule has 6 rings (SSSR count). The van der Waals surface area contributed by atoms with Gasteiger partial charge in [0.05, 0.1) is 27.3 Å². The fourth-order valence-corrected chi connectivity index (χ4v) is 6.22. The number of halogens is 3. The van der Waals surface area contributed by atoms with Crippen LogP contribution in [0.25, 0.3) is 16.6 Å². The monoisotopic (exact) mass is 549 g/mol. The fourth-order valence-electron chi connectivity index (χ4n) is 5.81. The summed E-state index contributed by atoms with van der Waals surface area (Å²) in [4.78, 5) is 23.6. The second-order valence-electron chi connectivity index (χ2n) is 10.4. The van der Waals surface area contributed by atoms with Crippen molar-refractivity contribution in [3.05, 3.63) is 92.9 Å². The maximum Gasteiger partial charge on any atom is 0.189 e. The van der Waals surface area contributed by atoms with E-state index in [0.717, 1.165) is 30.0 Å². The normalized spacial score (nSPS) is 16.4. The van der Waals surface area contributed by atoms with E-state index in [2.05, 4.69) is 14.8 Å². The average molecular weight is 550 g/mol. The topological polar surface area (TPSA) is 44.6 Å². The highest BCUT2D eigenvalue weighted by Gasteiger charge is 2.26. The third-order valence-electron chi connectivity index (χ3n) is 7.80. The number of pyridine rings is 2. The first-order valence-corrected chi connectivity index (χ1v) is 13.7. The lowest BCUT2D eigenvalue weighted by Gasteiger charge is -2.37. The van der Waals surface area contributed by atoms with Crippen molar-refractivity contribution in [2.45, 2.75) is 26.3 Å².